The number of ketones is 4. The van der Waals surface area contributed by atoms with Crippen LogP contribution in [0.25, 0.3) is 33.1 Å². The van der Waals surface area contributed by atoms with Crippen molar-refractivity contribution in [3.63, 3.8) is 0 Å². The second kappa shape index (κ2) is 36.4. The summed E-state index contributed by atoms with van der Waals surface area (Å²) in [5, 5.41) is 71.8. The molecule has 0 unspecified atom stereocenters. The molecule has 16 aliphatic rings. The Morgan fingerprint density at radius 1 is 0.341 bits per heavy atom. The highest BCUT2D eigenvalue weighted by Crippen LogP contribution is 2.75. The Bertz CT molecular complexity index is 5240. The summed E-state index contributed by atoms with van der Waals surface area (Å²) in [6.07, 6.45) is 46.5. The van der Waals surface area contributed by atoms with Gasteiger partial charge in [0.25, 0.3) is 0 Å². The van der Waals surface area contributed by atoms with Crippen LogP contribution in [0.4, 0.5) is 0 Å². The first-order valence-electron chi connectivity index (χ1n) is 52.8. The fourth-order valence-electron chi connectivity index (χ4n) is 37.9. The Hall–Kier alpha value is -4.27. The molecule has 6 aromatic rings. The average Bonchev–Trinajstić information content (AvgIpc) is 1.40. The lowest BCUT2D eigenvalue weighted by Crippen LogP contribution is -2.56. The number of carbonyl (C=O) groups excluding carboxylic acids is 4. The van der Waals surface area contributed by atoms with Crippen molar-refractivity contribution in [1.82, 2.24) is 45.0 Å². The molecule has 726 valence electrons. The van der Waals surface area contributed by atoms with E-state index in [1.165, 1.54) is 161 Å². The van der Waals surface area contributed by atoms with Crippen molar-refractivity contribution in [2.24, 2.45) is 162 Å². The van der Waals surface area contributed by atoms with Crippen molar-refractivity contribution in [2.75, 3.05) is 5.33 Å². The van der Waals surface area contributed by atoms with Crippen molar-refractivity contribution >= 4 is 107 Å². The van der Waals surface area contributed by atoms with E-state index in [0.29, 0.717) is 113 Å². The maximum Gasteiger partial charge on any atom is 0.159 e. The molecule has 21 heteroatoms. The topological polar surface area (TPSA) is 241 Å². The lowest BCUT2D eigenvalue weighted by atomic mass is 9.42. The molecule has 0 amide bonds. The first-order valence-corrected chi connectivity index (χ1v) is 55.1. The number of fused-ring (bicyclic) bond motifs is 23. The number of halogens is 4. The smallest absolute Gasteiger partial charge is 0.159 e. The molecule has 0 aliphatic heterocycles. The van der Waals surface area contributed by atoms with E-state index >= 15 is 0 Å². The summed E-state index contributed by atoms with van der Waals surface area (Å²) in [5.41, 5.74) is 5.05. The highest BCUT2D eigenvalue weighted by atomic mass is 79.9. The molecule has 4 N–H and O–H groups in total. The molecule has 3 aromatic heterocycles. The lowest BCUT2D eigenvalue weighted by Gasteiger charge is -2.63. The van der Waals surface area contributed by atoms with Crippen molar-refractivity contribution in [3.8, 4) is 0 Å². The fraction of sp³-hybridized carbons (Fsp3) is 0.802. The standard InChI is InChI=1S/3C29H40ClN3O2.C23H37BrO2.CH4/c1-4-29-14-13-27(2,35)16-18(29)5-7-20-21-8-9-23(28(21,3)12-11-22(20)29)26(34)17-33-25-10-6-19(30)15-24(25)31-32-33;1-4-29-14-13-27(2,35)16-18(29)5-7-20-21-8-9-23(28(21,3)12-11-22(20)29)26(34)17-33-25-15-19(30)6-10-24(25)31-32-33;1-4-29-14-13-27(2,35)16-18(29)5-7-20-21-8-9-23(28(21,3)12-11-22(20)29)26(34)17-33-31-24-10-6-19(30)15-25(24)32-33;1-4-23-12-11-21(2,26)13-15(23)5-6-16-17-7-8-19(20(25)14-24)22(17,3)10-9-18(16)23;/h3*6,10,15,18,20-23,35H,4-5,7-9,11-14,16-17H2,1-3H3;15-19,26H,4-14H2,1-3H3;1H4/t3*18-,20-,21-,22-,23+,27+,28-,29-;15-,16-,17-,18-,19+,21+,22-,23-;/m0000./s1. The summed E-state index contributed by atoms with van der Waals surface area (Å²) in [4.78, 5) is 55.3. The zero-order valence-corrected chi connectivity index (χ0v) is 85.2. The quantitative estimate of drug-likeness (QED) is 0.0699. The molecule has 3 aromatic carbocycles. The van der Waals surface area contributed by atoms with Crippen LogP contribution in [0.3, 0.4) is 0 Å². The van der Waals surface area contributed by atoms with Gasteiger partial charge in [0.15, 0.2) is 17.3 Å². The third-order valence-corrected chi connectivity index (χ3v) is 45.4. The number of aliphatic hydroxyl groups is 4. The van der Waals surface area contributed by atoms with Crippen molar-refractivity contribution in [1.29, 1.82) is 0 Å². The van der Waals surface area contributed by atoms with E-state index in [-0.39, 0.29) is 65.8 Å². The molecule has 16 aliphatic carbocycles. The van der Waals surface area contributed by atoms with Crippen molar-refractivity contribution < 1.29 is 39.6 Å². The maximum absolute atomic E-state index is 13.7. The van der Waals surface area contributed by atoms with Crippen molar-refractivity contribution in [2.45, 2.75) is 389 Å². The number of carbonyl (C=O) groups is 4. The average molecular weight is 1940 g/mol. The molecule has 132 heavy (non-hydrogen) atoms. The van der Waals surface area contributed by atoms with E-state index in [1.54, 1.807) is 14.2 Å². The maximum atomic E-state index is 13.7. The zero-order valence-electron chi connectivity index (χ0n) is 81.3. The minimum absolute atomic E-state index is 0. The number of hydrogen-bond acceptors (Lipinski definition) is 14. The summed E-state index contributed by atoms with van der Waals surface area (Å²) in [6, 6.07) is 16.6. The normalized spacial score (nSPS) is 44.7. The Balaban J connectivity index is 0.000000118. The Morgan fingerprint density at radius 2 is 0.644 bits per heavy atom. The Kier molecular flexibility index (Phi) is 27.0. The number of rotatable bonds is 15. The molecular weight excluding hydrogens is 1770 g/mol. The van der Waals surface area contributed by atoms with Crippen LogP contribution >= 0.6 is 50.7 Å². The molecule has 17 nitrogen and oxygen atoms in total. The van der Waals surface area contributed by atoms with Gasteiger partial charge in [-0.05, 0) is 477 Å². The van der Waals surface area contributed by atoms with Gasteiger partial charge in [0.1, 0.15) is 47.5 Å². The van der Waals surface area contributed by atoms with Crippen molar-refractivity contribution in [3.05, 3.63) is 69.7 Å². The predicted octanol–water partition coefficient (Wildman–Crippen LogP) is 25.7. The predicted molar refractivity (Wildman–Crippen MR) is 530 cm³/mol. The van der Waals surface area contributed by atoms with Gasteiger partial charge in [-0.25, -0.2) is 9.36 Å². The van der Waals surface area contributed by atoms with Gasteiger partial charge < -0.3 is 20.4 Å². The lowest BCUT2D eigenvalue weighted by molar-refractivity contribution is -0.158. The molecule has 16 fully saturated rings. The first-order chi connectivity index (χ1) is 62.3. The van der Waals surface area contributed by atoms with E-state index in [9.17, 15) is 39.6 Å². The van der Waals surface area contributed by atoms with E-state index in [0.717, 1.165) is 183 Å². The van der Waals surface area contributed by atoms with Gasteiger partial charge in [-0.15, -0.1) is 10.2 Å². The minimum Gasteiger partial charge on any atom is -0.390 e. The number of benzene rings is 3. The van der Waals surface area contributed by atoms with Crippen LogP contribution in [0.5, 0.6) is 0 Å². The monoisotopic (exact) mass is 1930 g/mol. The van der Waals surface area contributed by atoms with E-state index in [1.807, 2.05) is 54.6 Å². The SMILES string of the molecule is C.CC[C@]12CC[C@@](C)(O)C[C@@H]1CC[C@H]1[C@@H]3CC[C@H](C(=O)CBr)[C@@]3(C)CC[C@@H]12.CC[C@]12CC[C@@](C)(O)C[C@@H]1CC[C@H]1[C@@H]3CC[C@H](C(=O)Cn4nc5ccc(Cl)cc5n4)[C@@]3(C)CC[C@@H]12.CC[C@]12CC[C@@](C)(O)C[C@@H]1CC[C@H]1[C@@H]3CC[C@H](C(=O)Cn4nnc5cc(Cl)ccc54)[C@@]3(C)CC[C@@H]12.CC[C@]12CC[C@@](C)(O)C[C@@H]1CC[C@H]1[C@@H]3CC[C@H](C(=O)Cn4nnc5ccc(Cl)cc54)[C@@]3(C)CC[C@@H]12. The summed E-state index contributed by atoms with van der Waals surface area (Å²) in [5.74, 6) is 13.5. The summed E-state index contributed by atoms with van der Waals surface area (Å²) < 4.78 is 3.51. The van der Waals surface area contributed by atoms with Crippen LogP contribution in [0, 0.1) is 162 Å². The fourth-order valence-corrected chi connectivity index (χ4v) is 38.8. The van der Waals surface area contributed by atoms with Crippen LogP contribution in [0.15, 0.2) is 54.6 Å². The molecule has 0 bridgehead atoms. The van der Waals surface area contributed by atoms with E-state index in [4.69, 9.17) is 34.8 Å². The molecule has 0 saturated heterocycles. The largest absolute Gasteiger partial charge is 0.390 e. The second-order valence-corrected chi connectivity index (χ2v) is 51.4. The van der Waals surface area contributed by atoms with Crippen LogP contribution in [0.1, 0.15) is 347 Å². The first kappa shape index (κ1) is 97.9. The van der Waals surface area contributed by atoms with Gasteiger partial charge in [-0.1, -0.05) is 124 Å². The highest BCUT2D eigenvalue weighted by Gasteiger charge is 2.69. The van der Waals surface area contributed by atoms with Crippen LogP contribution < -0.4 is 0 Å². The molecule has 0 radical (unpaired) electrons. The summed E-state index contributed by atoms with van der Waals surface area (Å²) >= 11 is 21.9. The van der Waals surface area contributed by atoms with Gasteiger partial charge in [0.05, 0.1) is 38.8 Å². The number of alkyl halides is 1. The van der Waals surface area contributed by atoms with Gasteiger partial charge >= 0.3 is 0 Å². The highest BCUT2D eigenvalue weighted by molar-refractivity contribution is 9.09. The molecule has 3 heterocycles. The molecule has 22 rings (SSSR count). The molecule has 32 atom stereocenters. The van der Waals surface area contributed by atoms with E-state index < -0.39 is 22.4 Å². The third-order valence-electron chi connectivity index (χ3n) is 44.2. The summed E-state index contributed by atoms with van der Waals surface area (Å²) in [6.45, 7) is 28.4. The second-order valence-electron chi connectivity index (χ2n) is 49.6. The Labute approximate surface area is 811 Å². The molecule has 0 spiro atoms. The summed E-state index contributed by atoms with van der Waals surface area (Å²) in [7, 11) is 0. The number of nitrogens with zero attached hydrogens (tertiary/aromatic N) is 9. The van der Waals surface area contributed by atoms with Gasteiger partial charge in [0, 0.05) is 38.7 Å². The van der Waals surface area contributed by atoms with Crippen LogP contribution in [0.2, 0.25) is 15.1 Å². The van der Waals surface area contributed by atoms with Crippen LogP contribution in [-0.4, -0.2) is 116 Å². The molecule has 16 saturated carbocycles. The van der Waals surface area contributed by atoms with Crippen LogP contribution in [-0.2, 0) is 38.8 Å². The number of hydrogen-bond donors (Lipinski definition) is 4. The third kappa shape index (κ3) is 16.7. The minimum atomic E-state index is -0.486. The molecular formula is C111H161BrCl3N9O8. The van der Waals surface area contributed by atoms with Gasteiger partial charge in [0.2, 0.25) is 0 Å². The van der Waals surface area contributed by atoms with Gasteiger partial charge in [-0.3, -0.25) is 19.2 Å². The number of aromatic nitrogens is 9. The Morgan fingerprint density at radius 3 is 1.00 bits per heavy atom. The number of Topliss-reactive ketones (excluding diaryl/α,β-unsaturated/α-hetero) is 4. The van der Waals surface area contributed by atoms with E-state index in [2.05, 4.69) is 130 Å². The van der Waals surface area contributed by atoms with Gasteiger partial charge in [-0.2, -0.15) is 15.0 Å². The zero-order chi connectivity index (χ0) is 92.5.